The van der Waals surface area contributed by atoms with E-state index in [1.807, 2.05) is 17.0 Å². The van der Waals surface area contributed by atoms with Gasteiger partial charge in [-0.1, -0.05) is 23.7 Å². The van der Waals surface area contributed by atoms with Gasteiger partial charge >= 0.3 is 5.97 Å². The first-order valence-electron chi connectivity index (χ1n) is 6.96. The van der Waals surface area contributed by atoms with Crippen LogP contribution in [0.25, 0.3) is 0 Å². The van der Waals surface area contributed by atoms with Gasteiger partial charge in [0.2, 0.25) is 5.91 Å². The second kappa shape index (κ2) is 6.91. The van der Waals surface area contributed by atoms with Crippen LogP contribution in [0.15, 0.2) is 24.3 Å². The number of halogens is 1. The van der Waals surface area contributed by atoms with E-state index in [1.165, 1.54) is 0 Å². The van der Waals surface area contributed by atoms with Crippen molar-refractivity contribution in [1.29, 1.82) is 0 Å². The fraction of sp³-hybridized carbons (Fsp3) is 0.467. The third-order valence-electron chi connectivity index (χ3n) is 3.84. The lowest BCUT2D eigenvalue weighted by Crippen LogP contribution is -2.53. The van der Waals surface area contributed by atoms with Gasteiger partial charge in [-0.3, -0.25) is 14.5 Å². The second-order valence-electron chi connectivity index (χ2n) is 5.23. The minimum absolute atomic E-state index is 0.0694. The Morgan fingerprint density at radius 1 is 1.19 bits per heavy atom. The number of hydrogen-bond donors (Lipinski definition) is 1. The smallest absolute Gasteiger partial charge is 0.320 e. The Labute approximate surface area is 129 Å². The van der Waals surface area contributed by atoms with Crippen molar-refractivity contribution >= 4 is 23.5 Å². The Morgan fingerprint density at radius 2 is 1.76 bits per heavy atom. The Bertz CT molecular complexity index is 510. The van der Waals surface area contributed by atoms with E-state index >= 15 is 0 Å². The summed E-state index contributed by atoms with van der Waals surface area (Å²) in [6, 6.07) is 6.75. The zero-order valence-corrected chi connectivity index (χ0v) is 12.7. The van der Waals surface area contributed by atoms with Crippen molar-refractivity contribution in [2.45, 2.75) is 19.4 Å². The molecule has 1 aliphatic heterocycles. The number of hydrogen-bond acceptors (Lipinski definition) is 3. The van der Waals surface area contributed by atoms with Crippen LogP contribution in [0, 0.1) is 0 Å². The number of piperazine rings is 1. The van der Waals surface area contributed by atoms with Crippen molar-refractivity contribution in [3.63, 3.8) is 0 Å². The summed E-state index contributed by atoms with van der Waals surface area (Å²) in [6.07, 6.45) is 0.353. The van der Waals surface area contributed by atoms with Crippen molar-refractivity contribution in [1.82, 2.24) is 9.80 Å². The molecule has 0 bridgehead atoms. The van der Waals surface area contributed by atoms with Gasteiger partial charge in [0.15, 0.2) is 0 Å². The van der Waals surface area contributed by atoms with Gasteiger partial charge in [0.1, 0.15) is 6.04 Å². The molecule has 0 saturated carbocycles. The van der Waals surface area contributed by atoms with Gasteiger partial charge in [-0.2, -0.15) is 0 Å². The molecule has 0 aliphatic carbocycles. The van der Waals surface area contributed by atoms with Crippen LogP contribution in [0.5, 0.6) is 0 Å². The van der Waals surface area contributed by atoms with Crippen LogP contribution in [0.3, 0.4) is 0 Å². The van der Waals surface area contributed by atoms with Crippen LogP contribution < -0.4 is 0 Å². The molecule has 1 atom stereocenters. The van der Waals surface area contributed by atoms with Crippen LogP contribution in [-0.2, 0) is 16.0 Å². The molecule has 1 unspecified atom stereocenters. The molecule has 6 heteroatoms. The number of carboxylic acids is 1. The monoisotopic (exact) mass is 310 g/mol. The predicted octanol–water partition coefficient (Wildman–Crippen LogP) is 1.50. The van der Waals surface area contributed by atoms with Gasteiger partial charge < -0.3 is 10.0 Å². The molecule has 0 aromatic heterocycles. The number of nitrogens with zero attached hydrogens (tertiary/aromatic N) is 2. The van der Waals surface area contributed by atoms with Crippen LogP contribution in [0.2, 0.25) is 5.02 Å². The SMILES string of the molecule is CC(C(=O)O)N1CCN(C(=O)Cc2ccc(Cl)cc2)CC1. The summed E-state index contributed by atoms with van der Waals surface area (Å²) in [4.78, 5) is 26.8. The topological polar surface area (TPSA) is 60.9 Å². The number of carboxylic acid groups (broad SMARTS) is 1. The molecule has 5 nitrogen and oxygen atoms in total. The van der Waals surface area contributed by atoms with Gasteiger partial charge in [0.05, 0.1) is 6.42 Å². The molecule has 1 amide bonds. The molecule has 114 valence electrons. The lowest BCUT2D eigenvalue weighted by atomic mass is 10.1. The van der Waals surface area contributed by atoms with Crippen molar-refractivity contribution in [3.05, 3.63) is 34.9 Å². The Kier molecular flexibility index (Phi) is 5.20. The molecule has 21 heavy (non-hydrogen) atoms. The quantitative estimate of drug-likeness (QED) is 0.915. The maximum absolute atomic E-state index is 12.2. The van der Waals surface area contributed by atoms with Crippen LogP contribution in [0.4, 0.5) is 0 Å². The standard InChI is InChI=1S/C15H19ClN2O3/c1-11(15(20)21)17-6-8-18(9-7-17)14(19)10-12-2-4-13(16)5-3-12/h2-5,11H,6-10H2,1H3,(H,20,21). The molecule has 0 spiro atoms. The highest BCUT2D eigenvalue weighted by Crippen LogP contribution is 2.12. The van der Waals surface area contributed by atoms with E-state index in [9.17, 15) is 9.59 Å². The molecule has 2 rings (SSSR count). The number of carbonyl (C=O) groups excluding carboxylic acids is 1. The van der Waals surface area contributed by atoms with E-state index in [0.717, 1.165) is 5.56 Å². The average molecular weight is 311 g/mol. The third kappa shape index (κ3) is 4.19. The van der Waals surface area contributed by atoms with E-state index in [1.54, 1.807) is 24.0 Å². The highest BCUT2D eigenvalue weighted by Gasteiger charge is 2.26. The van der Waals surface area contributed by atoms with Crippen molar-refractivity contribution < 1.29 is 14.7 Å². The highest BCUT2D eigenvalue weighted by atomic mass is 35.5. The van der Waals surface area contributed by atoms with E-state index in [0.29, 0.717) is 37.6 Å². The number of rotatable bonds is 4. The summed E-state index contributed by atoms with van der Waals surface area (Å²) < 4.78 is 0. The first-order chi connectivity index (χ1) is 9.97. The lowest BCUT2D eigenvalue weighted by molar-refractivity contribution is -0.144. The van der Waals surface area contributed by atoms with Crippen LogP contribution in [-0.4, -0.2) is 59.0 Å². The van der Waals surface area contributed by atoms with E-state index < -0.39 is 12.0 Å². The average Bonchev–Trinajstić information content (AvgIpc) is 2.49. The maximum Gasteiger partial charge on any atom is 0.320 e. The van der Waals surface area contributed by atoms with Crippen LogP contribution in [0.1, 0.15) is 12.5 Å². The number of carbonyl (C=O) groups is 2. The van der Waals surface area contributed by atoms with Gasteiger partial charge in [-0.15, -0.1) is 0 Å². The van der Waals surface area contributed by atoms with Crippen molar-refractivity contribution in [2.24, 2.45) is 0 Å². The molecular weight excluding hydrogens is 292 g/mol. The summed E-state index contributed by atoms with van der Waals surface area (Å²) in [6.45, 7) is 4.02. The van der Waals surface area contributed by atoms with Gasteiger partial charge in [0.25, 0.3) is 0 Å². The summed E-state index contributed by atoms with van der Waals surface area (Å²) >= 11 is 5.82. The van der Waals surface area contributed by atoms with Gasteiger partial charge in [-0.05, 0) is 24.6 Å². The minimum atomic E-state index is -0.823. The maximum atomic E-state index is 12.2. The van der Waals surface area contributed by atoms with Crippen molar-refractivity contribution in [2.75, 3.05) is 26.2 Å². The fourth-order valence-corrected chi connectivity index (χ4v) is 2.53. The minimum Gasteiger partial charge on any atom is -0.480 e. The molecule has 1 heterocycles. The molecule has 1 aliphatic rings. The first-order valence-corrected chi connectivity index (χ1v) is 7.34. The fourth-order valence-electron chi connectivity index (χ4n) is 2.40. The summed E-state index contributed by atoms with van der Waals surface area (Å²) in [5, 5.41) is 9.65. The van der Waals surface area contributed by atoms with Crippen LogP contribution >= 0.6 is 11.6 Å². The Hall–Kier alpha value is -1.59. The summed E-state index contributed by atoms with van der Waals surface area (Å²) in [5.41, 5.74) is 0.936. The number of benzene rings is 1. The molecule has 1 aromatic carbocycles. The second-order valence-corrected chi connectivity index (χ2v) is 5.67. The number of aliphatic carboxylic acids is 1. The number of amides is 1. The largest absolute Gasteiger partial charge is 0.480 e. The molecule has 1 N–H and O–H groups in total. The zero-order valence-electron chi connectivity index (χ0n) is 12.0. The molecule has 1 aromatic rings. The molecule has 1 saturated heterocycles. The Morgan fingerprint density at radius 3 is 2.29 bits per heavy atom. The highest BCUT2D eigenvalue weighted by molar-refractivity contribution is 6.30. The van der Waals surface area contributed by atoms with Gasteiger partial charge in [0, 0.05) is 31.2 Å². The summed E-state index contributed by atoms with van der Waals surface area (Å²) in [5.74, 6) is -0.754. The molecule has 1 fully saturated rings. The lowest BCUT2D eigenvalue weighted by Gasteiger charge is -2.36. The molecule has 0 radical (unpaired) electrons. The van der Waals surface area contributed by atoms with E-state index in [2.05, 4.69) is 0 Å². The predicted molar refractivity (Wildman–Crippen MR) is 80.4 cm³/mol. The normalized spacial score (nSPS) is 17.5. The Balaban J connectivity index is 1.85. The molecular formula is C15H19ClN2O3. The zero-order chi connectivity index (χ0) is 15.4. The van der Waals surface area contributed by atoms with Gasteiger partial charge in [-0.25, -0.2) is 0 Å². The van der Waals surface area contributed by atoms with E-state index in [-0.39, 0.29) is 5.91 Å². The van der Waals surface area contributed by atoms with E-state index in [4.69, 9.17) is 16.7 Å². The third-order valence-corrected chi connectivity index (χ3v) is 4.09. The summed E-state index contributed by atoms with van der Waals surface area (Å²) in [7, 11) is 0. The first kappa shape index (κ1) is 15.8. The van der Waals surface area contributed by atoms with Crippen molar-refractivity contribution in [3.8, 4) is 0 Å².